The normalized spacial score (nSPS) is 25.0. The van der Waals surface area contributed by atoms with Crippen molar-refractivity contribution < 1.29 is 24.0 Å². The fourth-order valence-electron chi connectivity index (χ4n) is 3.12. The number of piperidine rings is 1. The Bertz CT molecular complexity index is 496. The van der Waals surface area contributed by atoms with E-state index in [1.807, 2.05) is 0 Å². The summed E-state index contributed by atoms with van der Waals surface area (Å²) in [5, 5.41) is 3.19. The standard InChI is InChI=1S/C16H25N3O5/c1-11-4-3-5-12(2)18(11)10-13(20)17-9-8-16(23)24-19-14(21)6-7-15(19)22/h11-12H,3-10H2,1-2H3,(H,17,20)/i18+1. The van der Waals surface area contributed by atoms with E-state index in [0.29, 0.717) is 23.7 Å². The Balaban J connectivity index is 1.67. The predicted molar refractivity (Wildman–Crippen MR) is 84.3 cm³/mol. The van der Waals surface area contributed by atoms with Gasteiger partial charge in [-0.1, -0.05) is 6.42 Å². The molecule has 2 saturated heterocycles. The topological polar surface area (TPSA) is 96.0 Å². The third-order valence-electron chi connectivity index (χ3n) is 4.55. The molecule has 2 heterocycles. The van der Waals surface area contributed by atoms with Crippen LogP contribution in [0.5, 0.6) is 0 Å². The zero-order valence-electron chi connectivity index (χ0n) is 14.2. The summed E-state index contributed by atoms with van der Waals surface area (Å²) < 4.78 is 0. The number of hydrogen-bond acceptors (Lipinski definition) is 6. The first-order valence-electron chi connectivity index (χ1n) is 8.47. The van der Waals surface area contributed by atoms with Crippen LogP contribution >= 0.6 is 0 Å². The van der Waals surface area contributed by atoms with Crippen LogP contribution in [0.3, 0.4) is 0 Å². The Morgan fingerprint density at radius 2 is 1.71 bits per heavy atom. The molecule has 2 unspecified atom stereocenters. The predicted octanol–water partition coefficient (Wildman–Crippen LogP) is 0.363. The molecule has 134 valence electrons. The number of likely N-dealkylation sites (tertiary alicyclic amines) is 1. The van der Waals surface area contributed by atoms with Crippen LogP contribution in [-0.4, -0.2) is 58.8 Å². The van der Waals surface area contributed by atoms with Crippen molar-refractivity contribution in [3.8, 4) is 0 Å². The second-order valence-electron chi connectivity index (χ2n) is 6.45. The van der Waals surface area contributed by atoms with Crippen molar-refractivity contribution in [2.75, 3.05) is 13.1 Å². The molecule has 1 N–H and O–H groups in total. The fourth-order valence-corrected chi connectivity index (χ4v) is 3.12. The molecule has 2 rings (SSSR count). The van der Waals surface area contributed by atoms with Crippen molar-refractivity contribution in [2.45, 2.75) is 64.5 Å². The van der Waals surface area contributed by atoms with Gasteiger partial charge in [-0.15, -0.1) is 5.06 Å². The minimum absolute atomic E-state index is 0.0645. The molecular weight excluding hydrogens is 315 g/mol. The summed E-state index contributed by atoms with van der Waals surface area (Å²) in [4.78, 5) is 53.2. The van der Waals surface area contributed by atoms with Crippen molar-refractivity contribution in [2.24, 2.45) is 0 Å². The molecule has 2 aliphatic heterocycles. The van der Waals surface area contributed by atoms with E-state index in [-0.39, 0.29) is 31.7 Å². The van der Waals surface area contributed by atoms with Gasteiger partial charge in [0.25, 0.3) is 11.8 Å². The molecule has 8 heteroatoms. The minimum Gasteiger partial charge on any atom is -0.354 e. The maximum Gasteiger partial charge on any atom is 0.334 e. The second kappa shape index (κ2) is 8.23. The first-order valence-corrected chi connectivity index (χ1v) is 8.47. The molecule has 0 saturated carbocycles. The van der Waals surface area contributed by atoms with Gasteiger partial charge in [0.05, 0.1) is 13.0 Å². The quantitative estimate of drug-likeness (QED) is 0.554. The van der Waals surface area contributed by atoms with Gasteiger partial charge in [-0.05, 0) is 26.7 Å². The highest BCUT2D eigenvalue weighted by molar-refractivity contribution is 6.01. The van der Waals surface area contributed by atoms with E-state index >= 15 is 0 Å². The van der Waals surface area contributed by atoms with Gasteiger partial charge in [0.2, 0.25) is 5.91 Å². The molecule has 24 heavy (non-hydrogen) atoms. The molecular formula is C16H25N3O5. The monoisotopic (exact) mass is 340 g/mol. The van der Waals surface area contributed by atoms with Gasteiger partial charge >= 0.3 is 5.97 Å². The molecule has 0 radical (unpaired) electrons. The summed E-state index contributed by atoms with van der Waals surface area (Å²) in [6.45, 7) is 4.65. The van der Waals surface area contributed by atoms with Crippen molar-refractivity contribution in [3.63, 3.8) is 0 Å². The Labute approximate surface area is 141 Å². The maximum atomic E-state index is 12.0. The van der Waals surface area contributed by atoms with Crippen LogP contribution in [-0.2, 0) is 24.0 Å². The lowest BCUT2D eigenvalue weighted by atomic mass is 10.0. The first-order chi connectivity index (χ1) is 11.4. The van der Waals surface area contributed by atoms with Crippen LogP contribution in [0.25, 0.3) is 0 Å². The average Bonchev–Trinajstić information content (AvgIpc) is 2.83. The SMILES string of the molecule is CC1CCCC(C)[15N]1CC(=O)NCCC(=O)ON1C(=O)CCC1=O. The highest BCUT2D eigenvalue weighted by Gasteiger charge is 2.32. The zero-order chi connectivity index (χ0) is 17.7. The van der Waals surface area contributed by atoms with Crippen LogP contribution in [0.2, 0.25) is 0 Å². The van der Waals surface area contributed by atoms with Crippen molar-refractivity contribution >= 4 is 23.7 Å². The van der Waals surface area contributed by atoms with E-state index in [9.17, 15) is 19.2 Å². The molecule has 0 aromatic carbocycles. The Kier molecular flexibility index (Phi) is 6.30. The van der Waals surface area contributed by atoms with Crippen molar-refractivity contribution in [1.82, 2.24) is 15.3 Å². The van der Waals surface area contributed by atoms with Crippen LogP contribution in [0.4, 0.5) is 0 Å². The van der Waals surface area contributed by atoms with Crippen molar-refractivity contribution in [3.05, 3.63) is 0 Å². The molecule has 0 aromatic heterocycles. The first kappa shape index (κ1) is 18.4. The highest BCUT2D eigenvalue weighted by atomic mass is 16.7. The molecule has 8 nitrogen and oxygen atoms in total. The van der Waals surface area contributed by atoms with Gasteiger partial charge in [-0.2, -0.15) is 0 Å². The molecule has 2 atom stereocenters. The lowest BCUT2D eigenvalue weighted by molar-refractivity contribution is -0.197. The summed E-state index contributed by atoms with van der Waals surface area (Å²) in [7, 11) is 0. The number of imide groups is 1. The molecule has 0 bridgehead atoms. The summed E-state index contributed by atoms with van der Waals surface area (Å²) in [6.07, 6.45) is 3.39. The molecule has 0 spiro atoms. The smallest absolute Gasteiger partial charge is 0.334 e. The molecule has 0 aliphatic carbocycles. The summed E-state index contributed by atoms with van der Waals surface area (Å²) in [5.41, 5.74) is 0. The number of nitrogens with one attached hydrogen (secondary N) is 1. The molecule has 2 aliphatic rings. The number of rotatable bonds is 6. The van der Waals surface area contributed by atoms with Crippen molar-refractivity contribution in [1.29, 1.82) is 0 Å². The lowest BCUT2D eigenvalue weighted by Crippen LogP contribution is -2.48. The minimum atomic E-state index is -0.710. The number of hydroxylamine groups is 2. The van der Waals surface area contributed by atoms with Gasteiger partial charge in [-0.25, -0.2) is 4.79 Å². The van der Waals surface area contributed by atoms with Crippen LogP contribution in [0, 0.1) is 0 Å². The number of carbonyl (C=O) groups is 4. The largest absolute Gasteiger partial charge is 0.354 e. The van der Waals surface area contributed by atoms with E-state index in [1.54, 1.807) is 0 Å². The Morgan fingerprint density at radius 3 is 2.29 bits per heavy atom. The van der Waals surface area contributed by atoms with Gasteiger partial charge in [0, 0.05) is 31.5 Å². The maximum absolute atomic E-state index is 12.0. The third kappa shape index (κ3) is 4.77. The van der Waals surface area contributed by atoms with Crippen LogP contribution in [0.1, 0.15) is 52.4 Å². The van der Waals surface area contributed by atoms with Crippen LogP contribution < -0.4 is 5.32 Å². The van der Waals surface area contributed by atoms with E-state index < -0.39 is 17.8 Å². The lowest BCUT2D eigenvalue weighted by Gasteiger charge is -2.38. The van der Waals surface area contributed by atoms with Gasteiger partial charge in [0.15, 0.2) is 0 Å². The number of nitrogens with zero attached hydrogens (tertiary/aromatic N) is 2. The number of carbonyl (C=O) groups excluding carboxylic acids is 4. The van der Waals surface area contributed by atoms with Crippen LogP contribution in [0.15, 0.2) is 0 Å². The van der Waals surface area contributed by atoms with Gasteiger partial charge in [0.1, 0.15) is 0 Å². The van der Waals surface area contributed by atoms with E-state index in [0.717, 1.165) is 12.8 Å². The molecule has 2 fully saturated rings. The fraction of sp³-hybridized carbons (Fsp3) is 0.750. The Hall–Kier alpha value is -1.96. The van der Waals surface area contributed by atoms with Gasteiger partial charge < -0.3 is 10.2 Å². The van der Waals surface area contributed by atoms with E-state index in [4.69, 9.17) is 4.84 Å². The zero-order valence-corrected chi connectivity index (χ0v) is 14.2. The summed E-state index contributed by atoms with van der Waals surface area (Å²) in [5.74, 6) is -1.87. The number of amides is 3. The van der Waals surface area contributed by atoms with Gasteiger partial charge in [-0.3, -0.25) is 19.3 Å². The van der Waals surface area contributed by atoms with E-state index in [2.05, 4.69) is 24.1 Å². The Morgan fingerprint density at radius 1 is 1.12 bits per heavy atom. The molecule has 0 aromatic rings. The summed E-state index contributed by atoms with van der Waals surface area (Å²) >= 11 is 0. The highest BCUT2D eigenvalue weighted by Crippen LogP contribution is 2.21. The number of hydrogen-bond donors (Lipinski definition) is 1. The summed E-state index contributed by atoms with van der Waals surface area (Å²) in [6, 6.07) is 0.744. The molecule has 3 amide bonds. The third-order valence-corrected chi connectivity index (χ3v) is 4.55. The van der Waals surface area contributed by atoms with E-state index in [1.165, 1.54) is 6.42 Å². The second-order valence-corrected chi connectivity index (χ2v) is 6.45. The average molecular weight is 340 g/mol.